The fourth-order valence-corrected chi connectivity index (χ4v) is 3.23. The number of benzene rings is 1. The minimum absolute atomic E-state index is 0.129. The SMILES string of the molecule is Cc1ccc(CC(C)Nc2cc(Cl)ccc2C(=O)O)s1. The van der Waals surface area contributed by atoms with Gasteiger partial charge in [0.1, 0.15) is 0 Å². The van der Waals surface area contributed by atoms with Gasteiger partial charge in [-0.25, -0.2) is 4.79 Å². The van der Waals surface area contributed by atoms with Gasteiger partial charge in [-0.3, -0.25) is 0 Å². The van der Waals surface area contributed by atoms with Crippen LogP contribution in [0.5, 0.6) is 0 Å². The van der Waals surface area contributed by atoms with Crippen LogP contribution in [0.2, 0.25) is 5.02 Å². The van der Waals surface area contributed by atoms with E-state index in [9.17, 15) is 9.90 Å². The number of rotatable bonds is 5. The summed E-state index contributed by atoms with van der Waals surface area (Å²) in [7, 11) is 0. The Morgan fingerprint density at radius 1 is 1.40 bits per heavy atom. The number of carboxylic acid groups (broad SMARTS) is 1. The molecule has 1 unspecified atom stereocenters. The van der Waals surface area contributed by atoms with Gasteiger partial charge < -0.3 is 10.4 Å². The van der Waals surface area contributed by atoms with Gasteiger partial charge in [-0.2, -0.15) is 0 Å². The number of hydrogen-bond acceptors (Lipinski definition) is 3. The number of halogens is 1. The lowest BCUT2D eigenvalue weighted by molar-refractivity contribution is 0.0698. The summed E-state index contributed by atoms with van der Waals surface area (Å²) < 4.78 is 0. The van der Waals surface area contributed by atoms with E-state index in [0.717, 1.165) is 6.42 Å². The van der Waals surface area contributed by atoms with Crippen molar-refractivity contribution in [2.75, 3.05) is 5.32 Å². The van der Waals surface area contributed by atoms with Crippen molar-refractivity contribution in [2.45, 2.75) is 26.3 Å². The number of thiophene rings is 1. The molecule has 2 aromatic rings. The molecule has 0 bridgehead atoms. The predicted octanol–water partition coefficient (Wildman–Crippen LogP) is 4.45. The molecule has 20 heavy (non-hydrogen) atoms. The normalized spacial score (nSPS) is 12.2. The molecule has 0 fully saturated rings. The number of carboxylic acids is 1. The molecule has 106 valence electrons. The Morgan fingerprint density at radius 2 is 2.15 bits per heavy atom. The van der Waals surface area contributed by atoms with Gasteiger partial charge in [0.15, 0.2) is 0 Å². The molecular weight excluding hydrogens is 294 g/mol. The number of hydrogen-bond donors (Lipinski definition) is 2. The van der Waals surface area contributed by atoms with Crippen LogP contribution in [0.25, 0.3) is 0 Å². The van der Waals surface area contributed by atoms with Crippen molar-refractivity contribution in [3.63, 3.8) is 0 Å². The highest BCUT2D eigenvalue weighted by atomic mass is 35.5. The number of aromatic carboxylic acids is 1. The Morgan fingerprint density at radius 3 is 2.75 bits per heavy atom. The van der Waals surface area contributed by atoms with Gasteiger partial charge >= 0.3 is 5.97 Å². The van der Waals surface area contributed by atoms with Gasteiger partial charge in [-0.05, 0) is 44.2 Å². The largest absolute Gasteiger partial charge is 0.478 e. The molecule has 0 aliphatic heterocycles. The van der Waals surface area contributed by atoms with E-state index in [1.807, 2.05) is 6.92 Å². The first-order valence-electron chi connectivity index (χ1n) is 6.30. The Bertz CT molecular complexity index is 624. The highest BCUT2D eigenvalue weighted by Crippen LogP contribution is 2.23. The molecule has 3 nitrogen and oxygen atoms in total. The van der Waals surface area contributed by atoms with Crippen LogP contribution >= 0.6 is 22.9 Å². The zero-order valence-electron chi connectivity index (χ0n) is 11.3. The summed E-state index contributed by atoms with van der Waals surface area (Å²) in [4.78, 5) is 13.8. The van der Waals surface area contributed by atoms with E-state index < -0.39 is 5.97 Å². The molecule has 0 saturated carbocycles. The molecule has 1 heterocycles. The monoisotopic (exact) mass is 309 g/mol. The molecule has 5 heteroatoms. The van der Waals surface area contributed by atoms with Crippen LogP contribution in [0.3, 0.4) is 0 Å². The van der Waals surface area contributed by atoms with E-state index in [0.29, 0.717) is 10.7 Å². The van der Waals surface area contributed by atoms with Crippen molar-refractivity contribution in [3.8, 4) is 0 Å². The summed E-state index contributed by atoms with van der Waals surface area (Å²) >= 11 is 7.70. The smallest absolute Gasteiger partial charge is 0.337 e. The van der Waals surface area contributed by atoms with E-state index in [1.165, 1.54) is 15.8 Å². The zero-order valence-corrected chi connectivity index (χ0v) is 12.9. The lowest BCUT2D eigenvalue weighted by atomic mass is 10.1. The lowest BCUT2D eigenvalue weighted by Gasteiger charge is -2.16. The summed E-state index contributed by atoms with van der Waals surface area (Å²) in [5.74, 6) is -0.955. The van der Waals surface area contributed by atoms with E-state index in [2.05, 4.69) is 24.4 Å². The molecule has 1 aromatic heterocycles. The summed E-state index contributed by atoms with van der Waals surface area (Å²) in [6.45, 7) is 4.10. The Hall–Kier alpha value is -1.52. The summed E-state index contributed by atoms with van der Waals surface area (Å²) in [5.41, 5.74) is 0.800. The summed E-state index contributed by atoms with van der Waals surface area (Å²) in [6, 6.07) is 9.09. The van der Waals surface area contributed by atoms with Gasteiger partial charge in [-0.1, -0.05) is 11.6 Å². The maximum atomic E-state index is 11.2. The van der Waals surface area contributed by atoms with Crippen LogP contribution < -0.4 is 5.32 Å². The van der Waals surface area contributed by atoms with E-state index in [4.69, 9.17) is 11.6 Å². The fraction of sp³-hybridized carbons (Fsp3) is 0.267. The quantitative estimate of drug-likeness (QED) is 0.857. The van der Waals surface area contributed by atoms with Crippen LogP contribution in [0, 0.1) is 6.92 Å². The lowest BCUT2D eigenvalue weighted by Crippen LogP contribution is -2.19. The molecule has 0 aliphatic rings. The number of aryl methyl sites for hydroxylation is 1. The minimum atomic E-state index is -0.955. The second-order valence-electron chi connectivity index (χ2n) is 4.76. The third-order valence-electron chi connectivity index (χ3n) is 2.92. The number of nitrogens with one attached hydrogen (secondary N) is 1. The van der Waals surface area contributed by atoms with E-state index >= 15 is 0 Å². The van der Waals surface area contributed by atoms with Gasteiger partial charge in [0, 0.05) is 27.2 Å². The molecule has 0 radical (unpaired) electrons. The number of anilines is 1. The average Bonchev–Trinajstić information content (AvgIpc) is 2.74. The average molecular weight is 310 g/mol. The van der Waals surface area contributed by atoms with E-state index in [1.54, 1.807) is 23.5 Å². The predicted molar refractivity (Wildman–Crippen MR) is 84.3 cm³/mol. The fourth-order valence-electron chi connectivity index (χ4n) is 2.04. The second-order valence-corrected chi connectivity index (χ2v) is 6.57. The topological polar surface area (TPSA) is 49.3 Å². The molecule has 0 amide bonds. The highest BCUT2D eigenvalue weighted by Gasteiger charge is 2.13. The first kappa shape index (κ1) is 14.9. The molecule has 2 N–H and O–H groups in total. The van der Waals surface area contributed by atoms with Gasteiger partial charge in [-0.15, -0.1) is 11.3 Å². The molecule has 0 spiro atoms. The molecule has 0 saturated heterocycles. The van der Waals surface area contributed by atoms with Crippen LogP contribution in [0.15, 0.2) is 30.3 Å². The van der Waals surface area contributed by atoms with Crippen LogP contribution in [-0.2, 0) is 6.42 Å². The van der Waals surface area contributed by atoms with Gasteiger partial charge in [0.05, 0.1) is 11.3 Å². The van der Waals surface area contributed by atoms with Crippen molar-refractivity contribution in [2.24, 2.45) is 0 Å². The maximum Gasteiger partial charge on any atom is 0.337 e. The van der Waals surface area contributed by atoms with Crippen molar-refractivity contribution < 1.29 is 9.90 Å². The Balaban J connectivity index is 2.12. The zero-order chi connectivity index (χ0) is 14.7. The van der Waals surface area contributed by atoms with Crippen LogP contribution in [0.1, 0.15) is 27.0 Å². The standard InChI is InChI=1S/C15H16ClNO2S/c1-9(7-12-5-3-10(2)20-12)17-14-8-11(16)4-6-13(14)15(18)19/h3-6,8-9,17H,7H2,1-2H3,(H,18,19). The first-order chi connectivity index (χ1) is 9.45. The molecule has 1 aromatic carbocycles. The third-order valence-corrected chi connectivity index (χ3v) is 4.18. The highest BCUT2D eigenvalue weighted by molar-refractivity contribution is 7.11. The Labute approximate surface area is 127 Å². The molecular formula is C15H16ClNO2S. The first-order valence-corrected chi connectivity index (χ1v) is 7.50. The van der Waals surface area contributed by atoms with Crippen molar-refractivity contribution in [1.82, 2.24) is 0 Å². The molecule has 2 rings (SSSR count). The molecule has 1 atom stereocenters. The van der Waals surface area contributed by atoms with Crippen molar-refractivity contribution in [1.29, 1.82) is 0 Å². The maximum absolute atomic E-state index is 11.2. The van der Waals surface area contributed by atoms with Gasteiger partial charge in [0.2, 0.25) is 0 Å². The number of carbonyl (C=O) groups is 1. The van der Waals surface area contributed by atoms with E-state index in [-0.39, 0.29) is 11.6 Å². The molecule has 0 aliphatic carbocycles. The third kappa shape index (κ3) is 3.74. The van der Waals surface area contributed by atoms with Crippen molar-refractivity contribution in [3.05, 3.63) is 50.7 Å². The van der Waals surface area contributed by atoms with Crippen LogP contribution in [-0.4, -0.2) is 17.1 Å². The van der Waals surface area contributed by atoms with Gasteiger partial charge in [0.25, 0.3) is 0 Å². The summed E-state index contributed by atoms with van der Waals surface area (Å²) in [6.07, 6.45) is 0.851. The minimum Gasteiger partial charge on any atom is -0.478 e. The summed E-state index contributed by atoms with van der Waals surface area (Å²) in [5, 5.41) is 12.9. The van der Waals surface area contributed by atoms with Crippen LogP contribution in [0.4, 0.5) is 5.69 Å². The van der Waals surface area contributed by atoms with Crippen molar-refractivity contribution >= 4 is 34.6 Å². The Kier molecular flexibility index (Phi) is 4.68. The second kappa shape index (κ2) is 6.29.